The summed E-state index contributed by atoms with van der Waals surface area (Å²) in [5.41, 5.74) is 1.39. The minimum atomic E-state index is -1.98. The minimum absolute atomic E-state index is 0.945. The van der Waals surface area contributed by atoms with E-state index in [0.29, 0.717) is 0 Å². The molecule has 0 unspecified atom stereocenters. The lowest BCUT2D eigenvalue weighted by Crippen LogP contribution is -2.12. The van der Waals surface area contributed by atoms with Gasteiger partial charge in [-0.05, 0) is 52.5 Å². The van der Waals surface area contributed by atoms with Gasteiger partial charge in [0.05, 0.1) is 0 Å². The molecule has 0 aliphatic heterocycles. The summed E-state index contributed by atoms with van der Waals surface area (Å²) in [6.07, 6.45) is 2.10. The largest absolute Gasteiger partial charge is 0.248 e. The van der Waals surface area contributed by atoms with E-state index in [1.165, 1.54) is 27.1 Å². The second-order valence-corrected chi connectivity index (χ2v) is 13.9. The van der Waals surface area contributed by atoms with Crippen LogP contribution in [0.4, 0.5) is 0 Å². The number of rotatable bonds is 4. The van der Waals surface area contributed by atoms with Crippen molar-refractivity contribution in [1.82, 2.24) is 0 Å². The Hall–Kier alpha value is -1.02. The van der Waals surface area contributed by atoms with Gasteiger partial charge in [0.1, 0.15) is 0 Å². The van der Waals surface area contributed by atoms with Gasteiger partial charge in [-0.3, -0.25) is 0 Å². The molecule has 0 amide bonds. The van der Waals surface area contributed by atoms with Gasteiger partial charge in [0.2, 0.25) is 6.69 Å². The monoisotopic (exact) mass is 332 g/mol. The average Bonchev–Trinajstić information content (AvgIpc) is 2.46. The Labute approximate surface area is 136 Å². The van der Waals surface area contributed by atoms with Crippen molar-refractivity contribution in [1.29, 1.82) is 0 Å². The smallest absolute Gasteiger partial charge is 0.146 e. The van der Waals surface area contributed by atoms with Gasteiger partial charge in [0.15, 0.2) is 0 Å². The van der Waals surface area contributed by atoms with Crippen molar-refractivity contribution < 1.29 is 0 Å². The van der Waals surface area contributed by atoms with Crippen molar-refractivity contribution in [2.45, 2.75) is 25.4 Å². The van der Waals surface area contributed by atoms with Crippen LogP contribution in [0.2, 0.25) is 12.6 Å². The Morgan fingerprint density at radius 1 is 0.810 bits per heavy atom. The maximum atomic E-state index is 6.20. The lowest BCUT2D eigenvalue weighted by Gasteiger charge is -2.12. The van der Waals surface area contributed by atoms with Crippen LogP contribution in [0.3, 0.4) is 0 Å². The fourth-order valence-corrected chi connectivity index (χ4v) is 4.51. The van der Waals surface area contributed by atoms with E-state index in [0.717, 1.165) is 18.9 Å². The molecular weight excluding hydrogens is 315 g/mol. The molecular formula is C18H18Cl2Si. The lowest BCUT2D eigenvalue weighted by molar-refractivity contribution is 0.918. The van der Waals surface area contributed by atoms with Crippen LogP contribution < -0.4 is 0 Å². The van der Waals surface area contributed by atoms with Gasteiger partial charge in [-0.2, -0.15) is 0 Å². The van der Waals surface area contributed by atoms with E-state index in [1.54, 1.807) is 0 Å². The highest BCUT2D eigenvalue weighted by atomic mass is 35.7. The Morgan fingerprint density at radius 3 is 2.38 bits per heavy atom. The van der Waals surface area contributed by atoms with E-state index in [-0.39, 0.29) is 0 Å². The molecule has 0 aliphatic rings. The summed E-state index contributed by atoms with van der Waals surface area (Å²) in [6.45, 7) is 0.0150. The molecule has 0 N–H and O–H groups in total. The average molecular weight is 333 g/mol. The molecule has 0 aliphatic carbocycles. The van der Waals surface area contributed by atoms with E-state index < -0.39 is 6.69 Å². The van der Waals surface area contributed by atoms with Gasteiger partial charge in [0.25, 0.3) is 0 Å². The molecule has 0 spiro atoms. The highest BCUT2D eigenvalue weighted by Crippen LogP contribution is 2.29. The summed E-state index contributed by atoms with van der Waals surface area (Å²) in [6, 6.07) is 20.5. The molecule has 3 heteroatoms. The van der Waals surface area contributed by atoms with Crippen LogP contribution >= 0.6 is 22.2 Å². The highest BCUT2D eigenvalue weighted by molar-refractivity contribution is 7.44. The van der Waals surface area contributed by atoms with Crippen molar-refractivity contribution in [3.63, 3.8) is 0 Å². The molecule has 3 rings (SSSR count). The maximum absolute atomic E-state index is 6.20. The number of halogens is 2. The molecule has 0 saturated heterocycles. The predicted molar refractivity (Wildman–Crippen MR) is 97.9 cm³/mol. The highest BCUT2D eigenvalue weighted by Gasteiger charge is 2.19. The van der Waals surface area contributed by atoms with Crippen LogP contribution in [0, 0.1) is 0 Å². The number of hydrogen-bond acceptors (Lipinski definition) is 0. The van der Waals surface area contributed by atoms with E-state index in [4.69, 9.17) is 22.2 Å². The van der Waals surface area contributed by atoms with Crippen LogP contribution in [-0.4, -0.2) is 6.69 Å². The fourth-order valence-electron chi connectivity index (χ4n) is 2.91. The molecule has 21 heavy (non-hydrogen) atoms. The second kappa shape index (κ2) is 6.00. The van der Waals surface area contributed by atoms with Crippen LogP contribution in [-0.2, 0) is 6.42 Å². The van der Waals surface area contributed by atoms with Crippen LogP contribution in [0.25, 0.3) is 21.5 Å². The molecule has 0 radical (unpaired) electrons. The van der Waals surface area contributed by atoms with Gasteiger partial charge in [-0.1, -0.05) is 54.6 Å². The first-order valence-electron chi connectivity index (χ1n) is 7.32. The van der Waals surface area contributed by atoms with Crippen LogP contribution in [0.5, 0.6) is 0 Å². The Balaban J connectivity index is 1.98. The minimum Gasteiger partial charge on any atom is -0.146 e. The molecule has 0 nitrogen and oxygen atoms in total. The van der Waals surface area contributed by atoms with Crippen molar-refractivity contribution in [3.8, 4) is 0 Å². The zero-order valence-corrected chi connectivity index (χ0v) is 14.6. The summed E-state index contributed by atoms with van der Waals surface area (Å²) in [7, 11) is 0. The molecule has 0 aromatic heterocycles. The zero-order chi connectivity index (χ0) is 14.9. The second-order valence-electron chi connectivity index (χ2n) is 5.72. The third kappa shape index (κ3) is 3.42. The number of fused-ring (bicyclic) bond motifs is 3. The molecule has 108 valence electrons. The number of hydrogen-bond donors (Lipinski definition) is 0. The Morgan fingerprint density at radius 2 is 1.57 bits per heavy atom. The van der Waals surface area contributed by atoms with Crippen molar-refractivity contribution in [2.24, 2.45) is 0 Å². The summed E-state index contributed by atoms with van der Waals surface area (Å²) in [5, 5.41) is 5.31. The lowest BCUT2D eigenvalue weighted by atomic mass is 9.96. The predicted octanol–water partition coefficient (Wildman–Crippen LogP) is 6.48. The summed E-state index contributed by atoms with van der Waals surface area (Å²) < 4.78 is 0. The molecule has 3 aromatic rings. The van der Waals surface area contributed by atoms with Crippen LogP contribution in [0.1, 0.15) is 12.0 Å². The molecule has 0 heterocycles. The first-order chi connectivity index (χ1) is 10.0. The molecule has 0 atom stereocenters. The Bertz CT molecular complexity index is 775. The van der Waals surface area contributed by atoms with Crippen LogP contribution in [0.15, 0.2) is 54.6 Å². The SMILES string of the molecule is C[Si](Cl)(Cl)CCCc1cccc2c1ccc1ccccc12. The summed E-state index contributed by atoms with van der Waals surface area (Å²) in [5.74, 6) is 0. The summed E-state index contributed by atoms with van der Waals surface area (Å²) in [4.78, 5) is 0. The van der Waals surface area contributed by atoms with E-state index in [2.05, 4.69) is 54.6 Å². The van der Waals surface area contributed by atoms with Crippen molar-refractivity contribution >= 4 is 50.4 Å². The van der Waals surface area contributed by atoms with Crippen molar-refractivity contribution in [3.05, 3.63) is 60.2 Å². The molecule has 0 fully saturated rings. The first kappa shape index (κ1) is 14.9. The van der Waals surface area contributed by atoms with E-state index in [1.807, 2.05) is 6.55 Å². The standard InChI is InChI=1S/C18H18Cl2Si/c1-21(19,20)13-5-8-14-7-4-10-18-16-9-3-2-6-15(16)11-12-17(14)18/h2-4,6-7,9-12H,5,8,13H2,1H3. The maximum Gasteiger partial charge on any atom is 0.248 e. The zero-order valence-electron chi connectivity index (χ0n) is 12.1. The third-order valence-electron chi connectivity index (χ3n) is 3.94. The molecule has 3 aromatic carbocycles. The molecule has 0 saturated carbocycles. The first-order valence-corrected chi connectivity index (χ1v) is 12.0. The number of benzene rings is 3. The van der Waals surface area contributed by atoms with Gasteiger partial charge in [0, 0.05) is 0 Å². The summed E-state index contributed by atoms with van der Waals surface area (Å²) >= 11 is 12.4. The third-order valence-corrected chi connectivity index (χ3v) is 6.30. The van der Waals surface area contributed by atoms with Gasteiger partial charge in [-0.15, -0.1) is 22.2 Å². The van der Waals surface area contributed by atoms with Gasteiger partial charge >= 0.3 is 0 Å². The topological polar surface area (TPSA) is 0 Å². The molecule has 0 bridgehead atoms. The van der Waals surface area contributed by atoms with Gasteiger partial charge < -0.3 is 0 Å². The van der Waals surface area contributed by atoms with Gasteiger partial charge in [-0.25, -0.2) is 0 Å². The fraction of sp³-hybridized carbons (Fsp3) is 0.222. The Kier molecular flexibility index (Phi) is 4.25. The number of aryl methyl sites for hydroxylation is 1. The quantitative estimate of drug-likeness (QED) is 0.291. The van der Waals surface area contributed by atoms with E-state index in [9.17, 15) is 0 Å². The van der Waals surface area contributed by atoms with Crippen molar-refractivity contribution in [2.75, 3.05) is 0 Å². The van der Waals surface area contributed by atoms with E-state index >= 15 is 0 Å². The normalized spacial score (nSPS) is 12.1.